The lowest BCUT2D eigenvalue weighted by Gasteiger charge is -2.61. The fourth-order valence-corrected chi connectivity index (χ4v) is 5.80. The summed E-state index contributed by atoms with van der Waals surface area (Å²) in [4.78, 5) is 17.7. The van der Waals surface area contributed by atoms with E-state index >= 15 is 0 Å². The summed E-state index contributed by atoms with van der Waals surface area (Å²) in [6, 6.07) is 12.9. The van der Waals surface area contributed by atoms with Crippen molar-refractivity contribution in [3.8, 4) is 17.2 Å². The van der Waals surface area contributed by atoms with Gasteiger partial charge in [-0.15, -0.1) is 0 Å². The monoisotopic (exact) mass is 448 g/mol. The molecule has 0 saturated carbocycles. The number of hydrogen-bond acceptors (Lipinski definition) is 5. The largest absolute Gasteiger partial charge is 0.508 e. The van der Waals surface area contributed by atoms with Crippen LogP contribution in [-0.4, -0.2) is 58.7 Å². The van der Waals surface area contributed by atoms with Crippen molar-refractivity contribution in [1.29, 1.82) is 0 Å². The lowest BCUT2D eigenvalue weighted by molar-refractivity contribution is -0.141. The summed E-state index contributed by atoms with van der Waals surface area (Å²) in [6.07, 6.45) is 3.77. The van der Waals surface area contributed by atoms with E-state index in [1.54, 1.807) is 30.3 Å². The van der Waals surface area contributed by atoms with E-state index in [1.165, 1.54) is 5.56 Å². The molecule has 1 unspecified atom stereocenters. The molecule has 1 spiro atoms. The number of ether oxygens (including phenoxy) is 1. The first-order valence-corrected chi connectivity index (χ1v) is 11.8. The minimum absolute atomic E-state index is 0.0263. The lowest BCUT2D eigenvalue weighted by Crippen LogP contribution is -2.63. The predicted molar refractivity (Wildman–Crippen MR) is 127 cm³/mol. The van der Waals surface area contributed by atoms with Gasteiger partial charge in [-0.3, -0.25) is 9.69 Å². The van der Waals surface area contributed by atoms with Gasteiger partial charge in [-0.05, 0) is 60.7 Å². The molecule has 6 heteroatoms. The topological polar surface area (TPSA) is 73.2 Å². The summed E-state index contributed by atoms with van der Waals surface area (Å²) in [5.41, 5.74) is 2.79. The van der Waals surface area contributed by atoms with Crippen molar-refractivity contribution in [2.45, 2.75) is 32.7 Å². The number of rotatable bonds is 4. The lowest BCUT2D eigenvalue weighted by atomic mass is 9.63. The maximum Gasteiger partial charge on any atom is 0.253 e. The Kier molecular flexibility index (Phi) is 5.57. The summed E-state index contributed by atoms with van der Waals surface area (Å²) >= 11 is 0. The van der Waals surface area contributed by atoms with Crippen molar-refractivity contribution in [2.24, 2.45) is 11.3 Å². The number of phenolic OH excluding ortho intramolecular Hbond substituents is 2. The predicted octanol–water partition coefficient (Wildman–Crippen LogP) is 4.20. The number of benzene rings is 2. The first-order valence-electron chi connectivity index (χ1n) is 11.8. The summed E-state index contributed by atoms with van der Waals surface area (Å²) in [5.74, 6) is 1.76. The van der Waals surface area contributed by atoms with Crippen LogP contribution in [0.1, 0.15) is 43.9 Å². The van der Waals surface area contributed by atoms with Gasteiger partial charge >= 0.3 is 0 Å². The standard InChI is InChI=1S/C27H32N2O4/c1-18(2)15-29-17-27(25(29)19-3-5-22(30)6-4-19)9-11-28(12-10-27)26(32)21-13-20-14-23(31)7-8-24(20)33-16-21/h3-8,13-14,18,25,30-31H,9-12,15-17H2,1-2H3. The molecule has 3 heterocycles. The van der Waals surface area contributed by atoms with Crippen molar-refractivity contribution in [1.82, 2.24) is 9.80 Å². The van der Waals surface area contributed by atoms with Crippen molar-refractivity contribution < 1.29 is 19.7 Å². The van der Waals surface area contributed by atoms with Crippen LogP contribution in [0.4, 0.5) is 0 Å². The van der Waals surface area contributed by atoms with Crippen LogP contribution in [0.3, 0.4) is 0 Å². The second-order valence-electron chi connectivity index (χ2n) is 10.2. The van der Waals surface area contributed by atoms with Gasteiger partial charge in [0, 0.05) is 43.2 Å². The smallest absolute Gasteiger partial charge is 0.253 e. The van der Waals surface area contributed by atoms with E-state index in [-0.39, 0.29) is 23.7 Å². The van der Waals surface area contributed by atoms with E-state index in [0.29, 0.717) is 29.0 Å². The molecular weight excluding hydrogens is 416 g/mol. The molecule has 0 aliphatic carbocycles. The number of carbonyl (C=O) groups is 1. The first-order chi connectivity index (χ1) is 15.8. The zero-order valence-corrected chi connectivity index (χ0v) is 19.3. The third kappa shape index (κ3) is 4.08. The molecule has 3 aliphatic rings. The maximum atomic E-state index is 13.2. The van der Waals surface area contributed by atoms with E-state index in [9.17, 15) is 15.0 Å². The van der Waals surface area contributed by atoms with E-state index in [4.69, 9.17) is 4.74 Å². The highest BCUT2D eigenvalue weighted by molar-refractivity contribution is 5.99. The number of nitrogens with zero attached hydrogens (tertiary/aromatic N) is 2. The summed E-state index contributed by atoms with van der Waals surface area (Å²) < 4.78 is 5.76. The van der Waals surface area contributed by atoms with Crippen LogP contribution in [0.5, 0.6) is 17.2 Å². The Morgan fingerprint density at radius 1 is 1.09 bits per heavy atom. The van der Waals surface area contributed by atoms with Gasteiger partial charge in [0.25, 0.3) is 5.91 Å². The van der Waals surface area contributed by atoms with Gasteiger partial charge in [0.05, 0.1) is 5.57 Å². The first kappa shape index (κ1) is 21.8. The summed E-state index contributed by atoms with van der Waals surface area (Å²) in [5, 5.41) is 19.5. The Hall–Kier alpha value is -2.99. The molecule has 2 fully saturated rings. The molecule has 5 rings (SSSR count). The summed E-state index contributed by atoms with van der Waals surface area (Å²) in [7, 11) is 0. The van der Waals surface area contributed by atoms with Crippen molar-refractivity contribution in [3.05, 3.63) is 59.2 Å². The number of piperidine rings is 1. The van der Waals surface area contributed by atoms with Gasteiger partial charge in [-0.2, -0.15) is 0 Å². The maximum absolute atomic E-state index is 13.2. The minimum atomic E-state index is 0.0263. The number of likely N-dealkylation sites (tertiary alicyclic amines) is 2. The zero-order chi connectivity index (χ0) is 23.2. The Balaban J connectivity index is 1.30. The number of phenols is 2. The van der Waals surface area contributed by atoms with Crippen LogP contribution in [0.2, 0.25) is 0 Å². The Labute approximate surface area is 195 Å². The van der Waals surface area contributed by atoms with Gasteiger partial charge in [0.1, 0.15) is 23.9 Å². The Morgan fingerprint density at radius 2 is 1.79 bits per heavy atom. The third-order valence-corrected chi connectivity index (χ3v) is 7.30. The van der Waals surface area contributed by atoms with Crippen molar-refractivity contribution in [3.63, 3.8) is 0 Å². The molecule has 0 aromatic heterocycles. The average Bonchev–Trinajstić information content (AvgIpc) is 2.79. The van der Waals surface area contributed by atoms with Gasteiger partial charge in [0.2, 0.25) is 0 Å². The molecule has 174 valence electrons. The van der Waals surface area contributed by atoms with E-state index in [2.05, 4.69) is 18.7 Å². The Bertz CT molecular complexity index is 1070. The van der Waals surface area contributed by atoms with Crippen LogP contribution in [0.15, 0.2) is 48.0 Å². The van der Waals surface area contributed by atoms with Crippen LogP contribution in [-0.2, 0) is 4.79 Å². The number of carbonyl (C=O) groups excluding carboxylic acids is 1. The molecule has 0 radical (unpaired) electrons. The molecule has 0 bridgehead atoms. The number of fused-ring (bicyclic) bond motifs is 1. The highest BCUT2D eigenvalue weighted by atomic mass is 16.5. The zero-order valence-electron chi connectivity index (χ0n) is 19.3. The van der Waals surface area contributed by atoms with Crippen LogP contribution in [0.25, 0.3) is 6.08 Å². The second kappa shape index (κ2) is 8.41. The number of amides is 1. The highest BCUT2D eigenvalue weighted by Gasteiger charge is 2.54. The van der Waals surface area contributed by atoms with E-state index in [0.717, 1.165) is 44.6 Å². The number of hydrogen-bond donors (Lipinski definition) is 2. The fraction of sp³-hybridized carbons (Fsp3) is 0.444. The van der Waals surface area contributed by atoms with Gasteiger partial charge < -0.3 is 19.8 Å². The molecule has 33 heavy (non-hydrogen) atoms. The fourth-order valence-electron chi connectivity index (χ4n) is 5.80. The second-order valence-corrected chi connectivity index (χ2v) is 10.2. The van der Waals surface area contributed by atoms with Crippen molar-refractivity contribution >= 4 is 12.0 Å². The highest BCUT2D eigenvalue weighted by Crippen LogP contribution is 2.55. The van der Waals surface area contributed by atoms with Crippen LogP contribution in [0, 0.1) is 11.3 Å². The van der Waals surface area contributed by atoms with E-state index in [1.807, 2.05) is 23.1 Å². The SMILES string of the molecule is CC(C)CN1CC2(CCN(C(=O)C3=Cc4cc(O)ccc4OC3)CC2)C1c1ccc(O)cc1. The van der Waals surface area contributed by atoms with Gasteiger partial charge in [0.15, 0.2) is 0 Å². The Morgan fingerprint density at radius 3 is 2.48 bits per heavy atom. The third-order valence-electron chi connectivity index (χ3n) is 7.30. The molecule has 2 N–H and O–H groups in total. The average molecular weight is 449 g/mol. The molecule has 2 aromatic carbocycles. The molecule has 3 aliphatic heterocycles. The molecule has 2 saturated heterocycles. The van der Waals surface area contributed by atoms with Gasteiger partial charge in [-0.25, -0.2) is 0 Å². The summed E-state index contributed by atoms with van der Waals surface area (Å²) in [6.45, 7) is 8.32. The minimum Gasteiger partial charge on any atom is -0.508 e. The molecule has 6 nitrogen and oxygen atoms in total. The van der Waals surface area contributed by atoms with Crippen LogP contribution >= 0.6 is 0 Å². The van der Waals surface area contributed by atoms with Crippen molar-refractivity contribution in [2.75, 3.05) is 32.8 Å². The number of aromatic hydroxyl groups is 2. The quantitative estimate of drug-likeness (QED) is 0.734. The van der Waals surface area contributed by atoms with Gasteiger partial charge in [-0.1, -0.05) is 26.0 Å². The molecule has 1 atom stereocenters. The molecule has 1 amide bonds. The normalized spacial score (nSPS) is 21.8. The molecule has 2 aromatic rings. The molecular formula is C27H32N2O4. The van der Waals surface area contributed by atoms with E-state index < -0.39 is 0 Å². The van der Waals surface area contributed by atoms with Crippen LogP contribution < -0.4 is 4.74 Å².